The van der Waals surface area contributed by atoms with E-state index in [0.717, 1.165) is 30.1 Å². The van der Waals surface area contributed by atoms with Gasteiger partial charge in [-0.15, -0.1) is 0 Å². The summed E-state index contributed by atoms with van der Waals surface area (Å²) in [4.78, 5) is 0. The summed E-state index contributed by atoms with van der Waals surface area (Å²) in [6.45, 7) is 0.372. The summed E-state index contributed by atoms with van der Waals surface area (Å²) in [5.74, 6) is 2.15. The van der Waals surface area contributed by atoms with Gasteiger partial charge in [-0.3, -0.25) is 0 Å². The molecule has 2 atom stereocenters. The van der Waals surface area contributed by atoms with E-state index in [2.05, 4.69) is 5.32 Å². The van der Waals surface area contributed by atoms with Crippen LogP contribution in [0.15, 0.2) is 24.3 Å². The number of alkyl halides is 3. The number of thioether (sulfide) groups is 1. The summed E-state index contributed by atoms with van der Waals surface area (Å²) < 4.78 is 37.2. The van der Waals surface area contributed by atoms with Crippen LogP contribution >= 0.6 is 11.8 Å². The molecule has 2 unspecified atom stereocenters. The Bertz CT molecular complexity index is 401. The van der Waals surface area contributed by atoms with Crippen LogP contribution in [-0.4, -0.2) is 29.2 Å². The van der Waals surface area contributed by atoms with Crippen molar-refractivity contribution in [3.8, 4) is 0 Å². The molecular weight excluding hydrogens is 275 g/mol. The van der Waals surface area contributed by atoms with E-state index in [4.69, 9.17) is 0 Å². The molecule has 0 radical (unpaired) electrons. The zero-order valence-electron chi connectivity index (χ0n) is 10.3. The largest absolute Gasteiger partial charge is 0.416 e. The summed E-state index contributed by atoms with van der Waals surface area (Å²) in [6.07, 6.45) is -4.03. The van der Waals surface area contributed by atoms with Crippen LogP contribution in [0, 0.1) is 0 Å². The minimum Gasteiger partial charge on any atom is -0.387 e. The van der Waals surface area contributed by atoms with E-state index in [-0.39, 0.29) is 0 Å². The first-order chi connectivity index (χ1) is 8.97. The maximum Gasteiger partial charge on any atom is 0.416 e. The third kappa shape index (κ3) is 4.12. The minimum absolute atomic E-state index is 0.372. The molecule has 1 aliphatic heterocycles. The Hall–Kier alpha value is -0.720. The van der Waals surface area contributed by atoms with Crippen LogP contribution < -0.4 is 5.32 Å². The highest BCUT2D eigenvalue weighted by Crippen LogP contribution is 2.29. The predicted octanol–water partition coefficient (Wildman–Crippen LogP) is 2.83. The molecule has 0 bridgehead atoms. The van der Waals surface area contributed by atoms with Gasteiger partial charge in [0.05, 0.1) is 11.7 Å². The number of nitrogens with one attached hydrogen (secondary N) is 1. The van der Waals surface area contributed by atoms with Crippen LogP contribution in [0.3, 0.4) is 0 Å². The maximum absolute atomic E-state index is 12.4. The van der Waals surface area contributed by atoms with Gasteiger partial charge in [-0.2, -0.15) is 24.9 Å². The molecule has 2 nitrogen and oxygen atoms in total. The molecule has 0 aliphatic carbocycles. The Labute approximate surface area is 114 Å². The first-order valence-electron chi connectivity index (χ1n) is 6.13. The Balaban J connectivity index is 1.89. The number of hydrogen-bond acceptors (Lipinski definition) is 3. The molecule has 0 saturated carbocycles. The molecule has 106 valence electrons. The van der Waals surface area contributed by atoms with Gasteiger partial charge in [-0.1, -0.05) is 12.1 Å². The Morgan fingerprint density at radius 3 is 2.53 bits per heavy atom. The predicted molar refractivity (Wildman–Crippen MR) is 70.1 cm³/mol. The number of halogens is 3. The van der Waals surface area contributed by atoms with E-state index in [0.29, 0.717) is 18.2 Å². The zero-order chi connectivity index (χ0) is 13.9. The van der Waals surface area contributed by atoms with E-state index < -0.39 is 17.8 Å². The molecule has 19 heavy (non-hydrogen) atoms. The second-order valence-corrected chi connectivity index (χ2v) is 5.75. The van der Waals surface area contributed by atoms with E-state index in [1.807, 2.05) is 11.8 Å². The van der Waals surface area contributed by atoms with Crippen LogP contribution in [0.2, 0.25) is 0 Å². The van der Waals surface area contributed by atoms with Gasteiger partial charge in [0.2, 0.25) is 0 Å². The van der Waals surface area contributed by atoms with Crippen LogP contribution in [0.25, 0.3) is 0 Å². The summed E-state index contributed by atoms with van der Waals surface area (Å²) in [5, 5.41) is 13.2. The highest BCUT2D eigenvalue weighted by Gasteiger charge is 2.30. The molecule has 1 heterocycles. The van der Waals surface area contributed by atoms with Crippen LogP contribution in [-0.2, 0) is 6.18 Å². The first-order valence-corrected chi connectivity index (χ1v) is 7.28. The van der Waals surface area contributed by atoms with E-state index in [1.54, 1.807) is 0 Å². The van der Waals surface area contributed by atoms with E-state index >= 15 is 0 Å². The molecule has 1 fully saturated rings. The first kappa shape index (κ1) is 14.7. The van der Waals surface area contributed by atoms with E-state index in [1.165, 1.54) is 12.1 Å². The Kier molecular flexibility index (Phi) is 4.76. The minimum atomic E-state index is -4.33. The fourth-order valence-corrected chi connectivity index (χ4v) is 3.17. The number of aliphatic hydroxyl groups excluding tert-OH is 1. The monoisotopic (exact) mass is 291 g/mol. The van der Waals surface area contributed by atoms with Crippen molar-refractivity contribution in [3.63, 3.8) is 0 Å². The molecule has 1 aliphatic rings. The standard InChI is InChI=1S/C13H16F3NOS/c14-13(15,16)10-3-1-9(2-4-10)12(18)7-17-11-5-6-19-8-11/h1-4,11-12,17-18H,5-8H2. The number of aliphatic hydroxyl groups is 1. The molecule has 0 amide bonds. The van der Waals surface area contributed by atoms with Crippen molar-refractivity contribution in [2.75, 3.05) is 18.1 Å². The van der Waals surface area contributed by atoms with Crippen LogP contribution in [0.1, 0.15) is 23.7 Å². The molecule has 2 rings (SSSR count). The second kappa shape index (κ2) is 6.15. The smallest absolute Gasteiger partial charge is 0.387 e. The lowest BCUT2D eigenvalue weighted by Gasteiger charge is -2.16. The third-order valence-corrected chi connectivity index (χ3v) is 4.31. The molecule has 1 saturated heterocycles. The summed E-state index contributed by atoms with van der Waals surface area (Å²) in [5.41, 5.74) is -0.185. The van der Waals surface area contributed by atoms with Gasteiger partial charge in [0.1, 0.15) is 0 Å². The van der Waals surface area contributed by atoms with Crippen molar-refractivity contribution >= 4 is 11.8 Å². The van der Waals surface area contributed by atoms with Crippen LogP contribution in [0.5, 0.6) is 0 Å². The molecule has 1 aromatic carbocycles. The maximum atomic E-state index is 12.4. The topological polar surface area (TPSA) is 32.3 Å². The molecule has 6 heteroatoms. The Morgan fingerprint density at radius 1 is 1.32 bits per heavy atom. The lowest BCUT2D eigenvalue weighted by molar-refractivity contribution is -0.137. The number of hydrogen-bond donors (Lipinski definition) is 2. The highest BCUT2D eigenvalue weighted by molar-refractivity contribution is 7.99. The summed E-state index contributed by atoms with van der Waals surface area (Å²) >= 11 is 1.87. The number of benzene rings is 1. The van der Waals surface area contributed by atoms with Gasteiger partial charge in [0.25, 0.3) is 0 Å². The lowest BCUT2D eigenvalue weighted by Crippen LogP contribution is -2.32. The fourth-order valence-electron chi connectivity index (χ4n) is 1.99. The molecular formula is C13H16F3NOS. The summed E-state index contributed by atoms with van der Waals surface area (Å²) in [6, 6.07) is 5.07. The average Bonchev–Trinajstić information content (AvgIpc) is 2.88. The Morgan fingerprint density at radius 2 is 2.00 bits per heavy atom. The van der Waals surface area contributed by atoms with Crippen LogP contribution in [0.4, 0.5) is 13.2 Å². The van der Waals surface area contributed by atoms with Crippen molar-refractivity contribution in [1.82, 2.24) is 5.32 Å². The van der Waals surface area contributed by atoms with Crippen molar-refractivity contribution < 1.29 is 18.3 Å². The SMILES string of the molecule is OC(CNC1CCSC1)c1ccc(C(F)(F)F)cc1. The van der Waals surface area contributed by atoms with Gasteiger partial charge in [0.15, 0.2) is 0 Å². The highest BCUT2D eigenvalue weighted by atomic mass is 32.2. The summed E-state index contributed by atoms with van der Waals surface area (Å²) in [7, 11) is 0. The number of rotatable bonds is 4. The van der Waals surface area contributed by atoms with Crippen molar-refractivity contribution in [2.45, 2.75) is 24.7 Å². The van der Waals surface area contributed by atoms with E-state index in [9.17, 15) is 18.3 Å². The second-order valence-electron chi connectivity index (χ2n) is 4.60. The van der Waals surface area contributed by atoms with Crippen molar-refractivity contribution in [2.24, 2.45) is 0 Å². The normalized spacial score (nSPS) is 21.6. The van der Waals surface area contributed by atoms with Gasteiger partial charge in [0, 0.05) is 18.3 Å². The van der Waals surface area contributed by atoms with Gasteiger partial charge >= 0.3 is 6.18 Å². The van der Waals surface area contributed by atoms with Gasteiger partial charge in [-0.05, 0) is 29.9 Å². The quantitative estimate of drug-likeness (QED) is 0.894. The van der Waals surface area contributed by atoms with Crippen molar-refractivity contribution in [3.05, 3.63) is 35.4 Å². The lowest BCUT2D eigenvalue weighted by atomic mass is 10.1. The molecule has 1 aromatic rings. The van der Waals surface area contributed by atoms with Gasteiger partial charge in [-0.25, -0.2) is 0 Å². The average molecular weight is 291 g/mol. The molecule has 2 N–H and O–H groups in total. The fraction of sp³-hybridized carbons (Fsp3) is 0.538. The molecule has 0 aromatic heterocycles. The zero-order valence-corrected chi connectivity index (χ0v) is 11.1. The molecule has 0 spiro atoms. The van der Waals surface area contributed by atoms with Crippen molar-refractivity contribution in [1.29, 1.82) is 0 Å². The third-order valence-electron chi connectivity index (χ3n) is 3.15. The van der Waals surface area contributed by atoms with Gasteiger partial charge < -0.3 is 10.4 Å².